The van der Waals surface area contributed by atoms with Crippen LogP contribution in [0.25, 0.3) is 10.1 Å². The van der Waals surface area contributed by atoms with E-state index in [2.05, 4.69) is 0 Å². The van der Waals surface area contributed by atoms with Crippen LogP contribution < -0.4 is 4.74 Å². The van der Waals surface area contributed by atoms with E-state index in [0.29, 0.717) is 10.6 Å². The monoisotopic (exact) mass is 238 g/mol. The van der Waals surface area contributed by atoms with Crippen LogP contribution in [0.15, 0.2) is 24.3 Å². The third-order valence-corrected chi connectivity index (χ3v) is 3.41. The van der Waals surface area contributed by atoms with E-state index in [1.165, 1.54) is 11.3 Å². The van der Waals surface area contributed by atoms with Crippen molar-refractivity contribution in [3.63, 3.8) is 0 Å². The second kappa shape index (κ2) is 4.11. The lowest BCUT2D eigenvalue weighted by Gasteiger charge is -1.99. The van der Waals surface area contributed by atoms with Gasteiger partial charge in [0, 0.05) is 9.58 Å². The summed E-state index contributed by atoms with van der Waals surface area (Å²) >= 11 is 1.27. The fourth-order valence-electron chi connectivity index (χ4n) is 1.43. The summed E-state index contributed by atoms with van der Waals surface area (Å²) in [6, 6.07) is 7.12. The van der Waals surface area contributed by atoms with Crippen molar-refractivity contribution >= 4 is 27.4 Å². The van der Waals surface area contributed by atoms with Crippen LogP contribution in [-0.4, -0.2) is 23.3 Å². The van der Waals surface area contributed by atoms with Crippen LogP contribution in [0.2, 0.25) is 0 Å². The number of carbonyl (C=O) groups is 1. The first-order valence-corrected chi connectivity index (χ1v) is 5.42. The Morgan fingerprint density at radius 1 is 1.44 bits per heavy atom. The van der Waals surface area contributed by atoms with E-state index in [9.17, 15) is 9.90 Å². The Morgan fingerprint density at radius 2 is 2.19 bits per heavy atom. The van der Waals surface area contributed by atoms with Gasteiger partial charge in [0.1, 0.15) is 5.75 Å². The molecule has 0 aliphatic carbocycles. The van der Waals surface area contributed by atoms with Gasteiger partial charge in [-0.15, -0.1) is 11.3 Å². The van der Waals surface area contributed by atoms with Gasteiger partial charge in [0.2, 0.25) is 0 Å². The molecule has 1 atom stereocenters. The number of rotatable bonds is 3. The van der Waals surface area contributed by atoms with E-state index in [0.717, 1.165) is 10.1 Å². The van der Waals surface area contributed by atoms with Gasteiger partial charge in [-0.3, -0.25) is 0 Å². The minimum Gasteiger partial charge on any atom is -0.497 e. The molecule has 0 amide bonds. The number of aliphatic carboxylic acids is 1. The van der Waals surface area contributed by atoms with Gasteiger partial charge in [-0.1, -0.05) is 0 Å². The first kappa shape index (κ1) is 10.9. The minimum absolute atomic E-state index is 0.427. The van der Waals surface area contributed by atoms with Crippen molar-refractivity contribution in [2.45, 2.75) is 6.10 Å². The maximum absolute atomic E-state index is 10.6. The smallest absolute Gasteiger partial charge is 0.338 e. The zero-order valence-corrected chi connectivity index (χ0v) is 9.32. The number of hydrogen-bond donors (Lipinski definition) is 2. The molecule has 84 valence electrons. The molecule has 0 aliphatic rings. The number of benzene rings is 1. The average molecular weight is 238 g/mol. The topological polar surface area (TPSA) is 66.8 Å². The highest BCUT2D eigenvalue weighted by atomic mass is 32.1. The van der Waals surface area contributed by atoms with Crippen molar-refractivity contribution < 1.29 is 19.7 Å². The molecule has 0 saturated heterocycles. The molecular formula is C11H10O4S. The van der Waals surface area contributed by atoms with E-state index < -0.39 is 12.1 Å². The van der Waals surface area contributed by atoms with E-state index in [1.807, 2.05) is 12.1 Å². The number of fused-ring (bicyclic) bond motifs is 1. The molecule has 5 heteroatoms. The van der Waals surface area contributed by atoms with Crippen LogP contribution in [0.5, 0.6) is 5.75 Å². The van der Waals surface area contributed by atoms with Crippen LogP contribution in [0.3, 0.4) is 0 Å². The summed E-state index contributed by atoms with van der Waals surface area (Å²) in [4.78, 5) is 11.1. The molecule has 2 N–H and O–H groups in total. The molecule has 2 aromatic rings. The quantitative estimate of drug-likeness (QED) is 0.858. The van der Waals surface area contributed by atoms with Crippen molar-refractivity contribution in [1.82, 2.24) is 0 Å². The van der Waals surface area contributed by atoms with Crippen LogP contribution in [-0.2, 0) is 4.79 Å². The Balaban J connectivity index is 2.47. The fourth-order valence-corrected chi connectivity index (χ4v) is 2.45. The summed E-state index contributed by atoms with van der Waals surface area (Å²) in [7, 11) is 1.57. The highest BCUT2D eigenvalue weighted by Gasteiger charge is 2.18. The van der Waals surface area contributed by atoms with Gasteiger partial charge in [-0.2, -0.15) is 0 Å². The summed E-state index contributed by atoms with van der Waals surface area (Å²) in [5, 5.41) is 19.0. The number of aliphatic hydroxyl groups excluding tert-OH is 1. The molecule has 2 rings (SSSR count). The summed E-state index contributed by atoms with van der Waals surface area (Å²) in [5.41, 5.74) is 0. The van der Waals surface area contributed by atoms with Crippen molar-refractivity contribution in [2.24, 2.45) is 0 Å². The Labute approximate surface area is 95.7 Å². The van der Waals surface area contributed by atoms with Gasteiger partial charge in [-0.05, 0) is 29.7 Å². The number of hydrogen-bond acceptors (Lipinski definition) is 4. The molecule has 1 aromatic heterocycles. The average Bonchev–Trinajstić information content (AvgIpc) is 2.69. The molecule has 0 fully saturated rings. The lowest BCUT2D eigenvalue weighted by atomic mass is 10.2. The van der Waals surface area contributed by atoms with Crippen molar-refractivity contribution in [3.05, 3.63) is 29.1 Å². The molecule has 1 unspecified atom stereocenters. The normalized spacial score (nSPS) is 12.6. The second-order valence-corrected chi connectivity index (χ2v) is 4.41. The Kier molecular flexibility index (Phi) is 2.80. The molecule has 0 bridgehead atoms. The number of ether oxygens (including phenoxy) is 1. The zero-order chi connectivity index (χ0) is 11.7. The standard InChI is InChI=1S/C11H10O4S/c1-15-7-2-3-8-6(4-7)5-9(16-8)10(12)11(13)14/h2-5,10,12H,1H3,(H,13,14). The van der Waals surface area contributed by atoms with Gasteiger partial charge in [0.15, 0.2) is 6.10 Å². The summed E-state index contributed by atoms with van der Waals surface area (Å²) in [6.45, 7) is 0. The van der Waals surface area contributed by atoms with Crippen molar-refractivity contribution in [1.29, 1.82) is 0 Å². The largest absolute Gasteiger partial charge is 0.497 e. The first-order chi connectivity index (χ1) is 7.61. The van der Waals surface area contributed by atoms with Gasteiger partial charge < -0.3 is 14.9 Å². The van der Waals surface area contributed by atoms with Gasteiger partial charge in [-0.25, -0.2) is 4.79 Å². The lowest BCUT2D eigenvalue weighted by molar-refractivity contribution is -0.146. The molecule has 0 spiro atoms. The molecule has 16 heavy (non-hydrogen) atoms. The van der Waals surface area contributed by atoms with Crippen LogP contribution in [0.1, 0.15) is 11.0 Å². The van der Waals surface area contributed by atoms with E-state index in [4.69, 9.17) is 9.84 Å². The second-order valence-electron chi connectivity index (χ2n) is 3.29. The Hall–Kier alpha value is -1.59. The maximum Gasteiger partial charge on any atom is 0.338 e. The van der Waals surface area contributed by atoms with Crippen molar-refractivity contribution in [3.8, 4) is 5.75 Å². The molecule has 4 nitrogen and oxygen atoms in total. The molecular weight excluding hydrogens is 228 g/mol. The van der Waals surface area contributed by atoms with E-state index >= 15 is 0 Å². The molecule has 1 aromatic carbocycles. The number of carboxylic acids is 1. The van der Waals surface area contributed by atoms with Gasteiger partial charge in [0.25, 0.3) is 0 Å². The fraction of sp³-hybridized carbons (Fsp3) is 0.182. The number of thiophene rings is 1. The molecule has 0 radical (unpaired) electrons. The third-order valence-electron chi connectivity index (χ3n) is 2.25. The summed E-state index contributed by atoms with van der Waals surface area (Å²) in [5.74, 6) is -0.528. The number of aliphatic hydroxyl groups is 1. The highest BCUT2D eigenvalue weighted by Crippen LogP contribution is 2.32. The lowest BCUT2D eigenvalue weighted by Crippen LogP contribution is -2.08. The molecule has 0 aliphatic heterocycles. The predicted octanol–water partition coefficient (Wildman–Crippen LogP) is 2.03. The zero-order valence-electron chi connectivity index (χ0n) is 8.51. The van der Waals surface area contributed by atoms with Crippen LogP contribution in [0.4, 0.5) is 0 Å². The number of methoxy groups -OCH3 is 1. The summed E-state index contributed by atoms with van der Waals surface area (Å²) < 4.78 is 5.99. The summed E-state index contributed by atoms with van der Waals surface area (Å²) in [6.07, 6.45) is -1.46. The van der Waals surface area contributed by atoms with E-state index in [-0.39, 0.29) is 0 Å². The first-order valence-electron chi connectivity index (χ1n) is 4.60. The highest BCUT2D eigenvalue weighted by molar-refractivity contribution is 7.19. The third kappa shape index (κ3) is 1.87. The van der Waals surface area contributed by atoms with Crippen LogP contribution >= 0.6 is 11.3 Å². The minimum atomic E-state index is -1.46. The van der Waals surface area contributed by atoms with Crippen molar-refractivity contribution in [2.75, 3.05) is 7.11 Å². The van der Waals surface area contributed by atoms with Gasteiger partial charge >= 0.3 is 5.97 Å². The molecule has 0 saturated carbocycles. The van der Waals surface area contributed by atoms with E-state index in [1.54, 1.807) is 19.2 Å². The predicted molar refractivity (Wildman–Crippen MR) is 61.0 cm³/mol. The SMILES string of the molecule is COc1ccc2sc(C(O)C(=O)O)cc2c1. The Bertz CT molecular complexity index is 532. The van der Waals surface area contributed by atoms with Gasteiger partial charge in [0.05, 0.1) is 7.11 Å². The maximum atomic E-state index is 10.6. The van der Waals surface area contributed by atoms with Crippen LogP contribution in [0, 0.1) is 0 Å². The molecule has 1 heterocycles. The number of carboxylic acid groups (broad SMARTS) is 1. The Morgan fingerprint density at radius 3 is 2.81 bits per heavy atom.